The molecule has 2 heterocycles. The third kappa shape index (κ3) is 3.76. The van der Waals surface area contributed by atoms with Crippen molar-refractivity contribution < 1.29 is 5.11 Å². The molecule has 122 valence electrons. The van der Waals surface area contributed by atoms with Crippen LogP contribution in [0.2, 0.25) is 0 Å². The fourth-order valence-corrected chi connectivity index (χ4v) is 3.92. The maximum absolute atomic E-state index is 10.7. The lowest BCUT2D eigenvalue weighted by Crippen LogP contribution is -2.50. The highest BCUT2D eigenvalue weighted by Crippen LogP contribution is 2.30. The Labute approximate surface area is 133 Å². The smallest absolute Gasteiger partial charge is 0.151 e. The maximum atomic E-state index is 10.7. The van der Waals surface area contributed by atoms with Gasteiger partial charge in [-0.25, -0.2) is 0 Å². The second-order valence-electron chi connectivity index (χ2n) is 6.99. The summed E-state index contributed by atoms with van der Waals surface area (Å²) in [6.45, 7) is 2.99. The zero-order valence-corrected chi connectivity index (χ0v) is 13.6. The lowest BCUT2D eigenvalue weighted by atomic mass is 9.84. The van der Waals surface area contributed by atoms with Gasteiger partial charge in [0.2, 0.25) is 0 Å². The van der Waals surface area contributed by atoms with Gasteiger partial charge < -0.3 is 14.9 Å². The molecule has 3 rings (SSSR count). The third-order valence-electron chi connectivity index (χ3n) is 5.33. The minimum atomic E-state index is -0.429. The molecule has 0 amide bonds. The molecule has 1 aromatic heterocycles. The number of likely N-dealkylation sites (tertiary alicyclic amines) is 1. The molecule has 5 heteroatoms. The van der Waals surface area contributed by atoms with Gasteiger partial charge in [0, 0.05) is 38.9 Å². The molecule has 1 aliphatic carbocycles. The molecule has 0 bridgehead atoms. The van der Waals surface area contributed by atoms with Crippen molar-refractivity contribution in [3.8, 4) is 0 Å². The highest BCUT2D eigenvalue weighted by Gasteiger charge is 2.33. The number of rotatable bonds is 4. The summed E-state index contributed by atoms with van der Waals surface area (Å²) in [7, 11) is 2.11. The second kappa shape index (κ2) is 6.92. The summed E-state index contributed by atoms with van der Waals surface area (Å²) in [4.78, 5) is 4.70. The molecule has 0 spiro atoms. The van der Waals surface area contributed by atoms with Crippen molar-refractivity contribution in [2.75, 3.05) is 31.6 Å². The van der Waals surface area contributed by atoms with Crippen molar-refractivity contribution in [2.24, 2.45) is 0 Å². The van der Waals surface area contributed by atoms with Gasteiger partial charge in [0.15, 0.2) is 5.82 Å². The molecule has 2 fully saturated rings. The molecule has 1 N–H and O–H groups in total. The summed E-state index contributed by atoms with van der Waals surface area (Å²) in [5, 5.41) is 18.9. The number of hydrogen-bond donors (Lipinski definition) is 1. The van der Waals surface area contributed by atoms with Gasteiger partial charge in [-0.3, -0.25) is 0 Å². The van der Waals surface area contributed by atoms with Gasteiger partial charge in [0.25, 0.3) is 0 Å². The van der Waals surface area contributed by atoms with Gasteiger partial charge in [-0.2, -0.15) is 5.10 Å². The Hall–Kier alpha value is -1.20. The molecule has 2 aliphatic rings. The Kier molecular flexibility index (Phi) is 4.93. The zero-order valence-electron chi connectivity index (χ0n) is 13.6. The van der Waals surface area contributed by atoms with Crippen LogP contribution in [-0.4, -0.2) is 58.5 Å². The van der Waals surface area contributed by atoms with E-state index in [2.05, 4.69) is 27.0 Å². The first-order valence-corrected chi connectivity index (χ1v) is 8.62. The SMILES string of the molecule is CN(c1cccnn1)C1CCN(CC2(O)CCCCC2)CC1. The first-order valence-electron chi connectivity index (χ1n) is 8.62. The molecule has 1 aromatic rings. The van der Waals surface area contributed by atoms with Gasteiger partial charge in [-0.1, -0.05) is 19.3 Å². The molecule has 5 nitrogen and oxygen atoms in total. The molecule has 0 radical (unpaired) electrons. The molecule has 1 saturated carbocycles. The number of aromatic nitrogens is 2. The molecule has 0 atom stereocenters. The highest BCUT2D eigenvalue weighted by molar-refractivity contribution is 5.36. The van der Waals surface area contributed by atoms with E-state index in [0.717, 1.165) is 51.1 Å². The van der Waals surface area contributed by atoms with Crippen LogP contribution in [-0.2, 0) is 0 Å². The van der Waals surface area contributed by atoms with Crippen LogP contribution in [0.25, 0.3) is 0 Å². The fourth-order valence-electron chi connectivity index (χ4n) is 3.92. The predicted octanol–water partition coefficient (Wildman–Crippen LogP) is 2.07. The van der Waals surface area contributed by atoms with Gasteiger partial charge >= 0.3 is 0 Å². The van der Waals surface area contributed by atoms with E-state index in [0.29, 0.717) is 6.04 Å². The van der Waals surface area contributed by atoms with Gasteiger partial charge in [0.05, 0.1) is 5.60 Å². The number of piperidine rings is 1. The Bertz CT molecular complexity index is 453. The van der Waals surface area contributed by atoms with Gasteiger partial charge in [0.1, 0.15) is 0 Å². The molecule has 0 aromatic carbocycles. The van der Waals surface area contributed by atoms with E-state index < -0.39 is 5.60 Å². The largest absolute Gasteiger partial charge is 0.389 e. The summed E-state index contributed by atoms with van der Waals surface area (Å²) in [5.41, 5.74) is -0.429. The van der Waals surface area contributed by atoms with Crippen molar-refractivity contribution in [1.82, 2.24) is 15.1 Å². The number of anilines is 1. The Morgan fingerprint density at radius 3 is 2.64 bits per heavy atom. The third-order valence-corrected chi connectivity index (χ3v) is 5.33. The molecule has 1 saturated heterocycles. The van der Waals surface area contributed by atoms with E-state index in [9.17, 15) is 5.11 Å². The van der Waals surface area contributed by atoms with E-state index >= 15 is 0 Å². The van der Waals surface area contributed by atoms with E-state index in [1.165, 1.54) is 19.3 Å². The minimum absolute atomic E-state index is 0.429. The van der Waals surface area contributed by atoms with Crippen LogP contribution in [0.5, 0.6) is 0 Å². The van der Waals surface area contributed by atoms with Crippen LogP contribution in [0.4, 0.5) is 5.82 Å². The predicted molar refractivity (Wildman–Crippen MR) is 87.9 cm³/mol. The average Bonchev–Trinajstić information content (AvgIpc) is 2.56. The Morgan fingerprint density at radius 1 is 1.27 bits per heavy atom. The number of hydrogen-bond acceptors (Lipinski definition) is 5. The summed E-state index contributed by atoms with van der Waals surface area (Å²) >= 11 is 0. The van der Waals surface area contributed by atoms with Crippen molar-refractivity contribution in [1.29, 1.82) is 0 Å². The minimum Gasteiger partial charge on any atom is -0.389 e. The van der Waals surface area contributed by atoms with Crippen LogP contribution in [0, 0.1) is 0 Å². The lowest BCUT2D eigenvalue weighted by molar-refractivity contribution is -0.0306. The number of β-amino-alcohol motifs (C(OH)–C–C–N with tert-alkyl or cyclic N) is 1. The Balaban J connectivity index is 1.50. The van der Waals surface area contributed by atoms with E-state index in [1.807, 2.05) is 12.1 Å². The van der Waals surface area contributed by atoms with Crippen LogP contribution in [0.1, 0.15) is 44.9 Å². The highest BCUT2D eigenvalue weighted by atomic mass is 16.3. The van der Waals surface area contributed by atoms with Crippen LogP contribution in [0.15, 0.2) is 18.3 Å². The summed E-state index contributed by atoms with van der Waals surface area (Å²) in [6.07, 6.45) is 9.58. The molecular weight excluding hydrogens is 276 g/mol. The van der Waals surface area contributed by atoms with Crippen molar-refractivity contribution in [3.05, 3.63) is 18.3 Å². The average molecular weight is 304 g/mol. The first kappa shape index (κ1) is 15.7. The van der Waals surface area contributed by atoms with Crippen molar-refractivity contribution in [2.45, 2.75) is 56.6 Å². The summed E-state index contributed by atoms with van der Waals surface area (Å²) < 4.78 is 0. The second-order valence-corrected chi connectivity index (χ2v) is 6.99. The van der Waals surface area contributed by atoms with Crippen molar-refractivity contribution in [3.63, 3.8) is 0 Å². The number of nitrogens with zero attached hydrogens (tertiary/aromatic N) is 4. The normalized spacial score (nSPS) is 23.4. The van der Waals surface area contributed by atoms with E-state index in [1.54, 1.807) is 6.20 Å². The Morgan fingerprint density at radius 2 is 2.00 bits per heavy atom. The van der Waals surface area contributed by atoms with E-state index in [4.69, 9.17) is 0 Å². The molecule has 0 unspecified atom stereocenters. The van der Waals surface area contributed by atoms with Crippen LogP contribution >= 0.6 is 0 Å². The van der Waals surface area contributed by atoms with Gasteiger partial charge in [-0.15, -0.1) is 5.10 Å². The summed E-state index contributed by atoms with van der Waals surface area (Å²) in [6, 6.07) is 4.48. The quantitative estimate of drug-likeness (QED) is 0.923. The standard InChI is InChI=1S/C17H28N4O/c1-20(16-6-5-11-18-19-16)15-7-12-21(13-8-15)14-17(22)9-3-2-4-10-17/h5-6,11,15,22H,2-4,7-10,12-14H2,1H3. The molecular formula is C17H28N4O. The first-order chi connectivity index (χ1) is 10.7. The van der Waals surface area contributed by atoms with Crippen LogP contribution in [0.3, 0.4) is 0 Å². The number of aliphatic hydroxyl groups is 1. The van der Waals surface area contributed by atoms with Gasteiger partial charge in [-0.05, 0) is 37.8 Å². The topological polar surface area (TPSA) is 52.5 Å². The lowest BCUT2D eigenvalue weighted by Gasteiger charge is -2.41. The van der Waals surface area contributed by atoms with Crippen molar-refractivity contribution >= 4 is 5.82 Å². The van der Waals surface area contributed by atoms with E-state index in [-0.39, 0.29) is 0 Å². The maximum Gasteiger partial charge on any atom is 0.151 e. The molecule has 22 heavy (non-hydrogen) atoms. The summed E-state index contributed by atoms with van der Waals surface area (Å²) in [5.74, 6) is 0.951. The van der Waals surface area contributed by atoms with Crippen LogP contribution < -0.4 is 4.90 Å². The monoisotopic (exact) mass is 304 g/mol. The fraction of sp³-hybridized carbons (Fsp3) is 0.765. The molecule has 1 aliphatic heterocycles. The zero-order chi connectivity index (χ0) is 15.4.